The number of aryl methyl sites for hydroxylation is 1. The lowest BCUT2D eigenvalue weighted by molar-refractivity contribution is 0.477. The number of benzene rings is 3. The van der Waals surface area contributed by atoms with E-state index in [2.05, 4.69) is 36.1 Å². The Morgan fingerprint density at radius 3 is 2.74 bits per heavy atom. The molecule has 1 unspecified atom stereocenters. The number of aromatic nitrogens is 2. The number of aromatic hydroxyl groups is 1. The summed E-state index contributed by atoms with van der Waals surface area (Å²) in [6.45, 7) is 3.02. The van der Waals surface area contributed by atoms with Crippen LogP contribution in [0.15, 0.2) is 66.7 Å². The van der Waals surface area contributed by atoms with Gasteiger partial charge < -0.3 is 10.0 Å². The molecule has 1 aliphatic rings. The van der Waals surface area contributed by atoms with E-state index in [4.69, 9.17) is 21.6 Å². The van der Waals surface area contributed by atoms with Crippen molar-refractivity contribution in [3.63, 3.8) is 0 Å². The summed E-state index contributed by atoms with van der Waals surface area (Å²) in [4.78, 5) is 12.2. The van der Waals surface area contributed by atoms with Crippen molar-refractivity contribution in [1.82, 2.24) is 9.97 Å². The van der Waals surface area contributed by atoms with E-state index in [1.54, 1.807) is 6.07 Å². The summed E-state index contributed by atoms with van der Waals surface area (Å²) >= 11 is 6.22. The van der Waals surface area contributed by atoms with Crippen molar-refractivity contribution in [3.05, 3.63) is 82.9 Å². The van der Waals surface area contributed by atoms with Gasteiger partial charge in [-0.05, 0) is 73.7 Å². The van der Waals surface area contributed by atoms with Crippen LogP contribution in [0.3, 0.4) is 0 Å². The molecule has 1 N–H and O–H groups in total. The summed E-state index contributed by atoms with van der Waals surface area (Å²) in [6.07, 6.45) is 3.15. The van der Waals surface area contributed by atoms with Gasteiger partial charge in [-0.2, -0.15) is 0 Å². The van der Waals surface area contributed by atoms with E-state index in [0.717, 1.165) is 53.1 Å². The third-order valence-corrected chi connectivity index (χ3v) is 6.22. The summed E-state index contributed by atoms with van der Waals surface area (Å²) < 4.78 is 0. The molecule has 1 fully saturated rings. The maximum absolute atomic E-state index is 10.4. The van der Waals surface area contributed by atoms with Gasteiger partial charge in [-0.25, -0.2) is 9.97 Å². The Kier molecular flexibility index (Phi) is 5.24. The number of fused-ring (bicyclic) bond motifs is 1. The number of rotatable bonds is 4. The molecule has 5 heteroatoms. The van der Waals surface area contributed by atoms with E-state index in [-0.39, 0.29) is 5.75 Å². The van der Waals surface area contributed by atoms with Crippen molar-refractivity contribution in [3.8, 4) is 17.1 Å². The van der Waals surface area contributed by atoms with Gasteiger partial charge in [0.15, 0.2) is 5.82 Å². The summed E-state index contributed by atoms with van der Waals surface area (Å²) in [7, 11) is 0. The second-order valence-corrected chi connectivity index (χ2v) is 8.67. The fourth-order valence-corrected chi connectivity index (χ4v) is 4.70. The summed E-state index contributed by atoms with van der Waals surface area (Å²) in [5.74, 6) is 1.68. The molecule has 4 aromatic rings. The number of phenolic OH excluding ortho intramolecular Hbond substituents is 1. The molecule has 3 aromatic carbocycles. The third-order valence-electron chi connectivity index (χ3n) is 5.99. The zero-order valence-corrected chi connectivity index (χ0v) is 18.2. The predicted molar refractivity (Wildman–Crippen MR) is 127 cm³/mol. The molecule has 1 aliphatic heterocycles. The number of phenols is 1. The van der Waals surface area contributed by atoms with Gasteiger partial charge >= 0.3 is 0 Å². The SMILES string of the molecule is Cc1ccc2c(N3CCCC3Cc3cccc(Cl)c3)nc(-c3ccccc3O)nc2c1. The maximum Gasteiger partial charge on any atom is 0.165 e. The van der Waals surface area contributed by atoms with Crippen LogP contribution in [0.5, 0.6) is 5.75 Å². The third kappa shape index (κ3) is 3.96. The van der Waals surface area contributed by atoms with Crippen LogP contribution >= 0.6 is 11.6 Å². The number of para-hydroxylation sites is 1. The molecule has 31 heavy (non-hydrogen) atoms. The molecule has 1 aromatic heterocycles. The molecule has 1 saturated heterocycles. The normalized spacial score (nSPS) is 16.2. The van der Waals surface area contributed by atoms with Crippen LogP contribution in [0, 0.1) is 6.92 Å². The van der Waals surface area contributed by atoms with Crippen LogP contribution in [-0.2, 0) is 6.42 Å². The molecule has 0 radical (unpaired) electrons. The first-order valence-corrected chi connectivity index (χ1v) is 11.0. The zero-order chi connectivity index (χ0) is 21.4. The largest absolute Gasteiger partial charge is 0.507 e. The van der Waals surface area contributed by atoms with Gasteiger partial charge in [0.05, 0.1) is 11.1 Å². The van der Waals surface area contributed by atoms with Gasteiger partial charge in [-0.15, -0.1) is 0 Å². The number of halogens is 1. The van der Waals surface area contributed by atoms with Crippen LogP contribution in [-0.4, -0.2) is 27.7 Å². The Balaban J connectivity index is 1.61. The van der Waals surface area contributed by atoms with Crippen molar-refractivity contribution >= 4 is 28.3 Å². The average Bonchev–Trinajstić information content (AvgIpc) is 3.21. The molecule has 0 amide bonds. The predicted octanol–water partition coefficient (Wildman–Crippen LogP) is 6.18. The van der Waals surface area contributed by atoms with Crippen molar-refractivity contribution in [1.29, 1.82) is 0 Å². The van der Waals surface area contributed by atoms with Crippen LogP contribution in [0.2, 0.25) is 5.02 Å². The Labute approximate surface area is 187 Å². The molecular formula is C26H24ClN3O. The van der Waals surface area contributed by atoms with Crippen molar-refractivity contribution in [2.75, 3.05) is 11.4 Å². The molecule has 0 aliphatic carbocycles. The van der Waals surface area contributed by atoms with E-state index >= 15 is 0 Å². The van der Waals surface area contributed by atoms with Gasteiger partial charge in [0.25, 0.3) is 0 Å². The highest BCUT2D eigenvalue weighted by molar-refractivity contribution is 6.30. The molecular weight excluding hydrogens is 406 g/mol. The van der Waals surface area contributed by atoms with Crippen molar-refractivity contribution in [2.45, 2.75) is 32.2 Å². The average molecular weight is 430 g/mol. The van der Waals surface area contributed by atoms with Crippen LogP contribution in [0.1, 0.15) is 24.0 Å². The molecule has 4 nitrogen and oxygen atoms in total. The van der Waals surface area contributed by atoms with Crippen LogP contribution in [0.25, 0.3) is 22.3 Å². The highest BCUT2D eigenvalue weighted by Crippen LogP contribution is 2.35. The van der Waals surface area contributed by atoms with Gasteiger partial charge in [-0.3, -0.25) is 0 Å². The number of hydrogen-bond donors (Lipinski definition) is 1. The van der Waals surface area contributed by atoms with Crippen molar-refractivity contribution < 1.29 is 5.11 Å². The van der Waals surface area contributed by atoms with E-state index in [9.17, 15) is 5.11 Å². The molecule has 156 valence electrons. The highest BCUT2D eigenvalue weighted by atomic mass is 35.5. The Morgan fingerprint density at radius 1 is 1.03 bits per heavy atom. The van der Waals surface area contributed by atoms with Crippen molar-refractivity contribution in [2.24, 2.45) is 0 Å². The van der Waals surface area contributed by atoms with Gasteiger partial charge in [0.1, 0.15) is 11.6 Å². The zero-order valence-electron chi connectivity index (χ0n) is 17.4. The maximum atomic E-state index is 10.4. The number of anilines is 1. The van der Waals surface area contributed by atoms with E-state index in [1.807, 2.05) is 36.4 Å². The fraction of sp³-hybridized carbons (Fsp3) is 0.231. The second kappa shape index (κ2) is 8.20. The lowest BCUT2D eigenvalue weighted by atomic mass is 10.0. The van der Waals surface area contributed by atoms with Crippen LogP contribution < -0.4 is 4.90 Å². The first-order valence-electron chi connectivity index (χ1n) is 10.7. The second-order valence-electron chi connectivity index (χ2n) is 8.23. The minimum Gasteiger partial charge on any atom is -0.507 e. The molecule has 5 rings (SSSR count). The molecule has 2 heterocycles. The van der Waals surface area contributed by atoms with E-state index in [1.165, 1.54) is 5.56 Å². The summed E-state index contributed by atoms with van der Waals surface area (Å²) in [5.41, 5.74) is 3.94. The standard InChI is InChI=1S/C26H24ClN3O/c1-17-11-12-21-23(14-17)28-25(22-9-2-3-10-24(22)31)29-26(21)30-13-5-8-20(30)16-18-6-4-7-19(27)15-18/h2-4,6-7,9-12,14-15,20,31H,5,8,13,16H2,1H3. The van der Waals surface area contributed by atoms with Gasteiger partial charge in [0, 0.05) is 23.0 Å². The lowest BCUT2D eigenvalue weighted by Gasteiger charge is -2.27. The number of nitrogens with zero attached hydrogens (tertiary/aromatic N) is 3. The minimum atomic E-state index is 0.192. The molecule has 0 spiro atoms. The quantitative estimate of drug-likeness (QED) is 0.421. The van der Waals surface area contributed by atoms with E-state index in [0.29, 0.717) is 17.4 Å². The lowest BCUT2D eigenvalue weighted by Crippen LogP contribution is -2.32. The Bertz CT molecular complexity index is 1260. The van der Waals surface area contributed by atoms with Gasteiger partial charge in [0.2, 0.25) is 0 Å². The minimum absolute atomic E-state index is 0.192. The fourth-order valence-electron chi connectivity index (χ4n) is 4.49. The number of hydrogen-bond acceptors (Lipinski definition) is 4. The Morgan fingerprint density at radius 2 is 1.90 bits per heavy atom. The first kappa shape index (κ1) is 19.8. The van der Waals surface area contributed by atoms with E-state index < -0.39 is 0 Å². The van der Waals surface area contributed by atoms with Crippen LogP contribution in [0.4, 0.5) is 5.82 Å². The van der Waals surface area contributed by atoms with Gasteiger partial charge in [-0.1, -0.05) is 41.9 Å². The molecule has 0 saturated carbocycles. The monoisotopic (exact) mass is 429 g/mol. The summed E-state index contributed by atoms with van der Waals surface area (Å²) in [6, 6.07) is 22.0. The topological polar surface area (TPSA) is 49.2 Å². The highest BCUT2D eigenvalue weighted by Gasteiger charge is 2.28. The summed E-state index contributed by atoms with van der Waals surface area (Å²) in [5, 5.41) is 12.2. The molecule has 1 atom stereocenters. The smallest absolute Gasteiger partial charge is 0.165 e. The molecule has 0 bridgehead atoms. The Hall–Kier alpha value is -3.11. The first-order chi connectivity index (χ1) is 15.1.